The Labute approximate surface area is 122 Å². The Hall–Kier alpha value is -0.810. The Balaban J connectivity index is 2.01. The number of rotatable bonds is 3. The summed E-state index contributed by atoms with van der Waals surface area (Å²) in [6.45, 7) is 0.163. The highest BCUT2D eigenvalue weighted by Gasteiger charge is 2.11. The lowest BCUT2D eigenvalue weighted by Gasteiger charge is -2.03. The van der Waals surface area contributed by atoms with Gasteiger partial charge in [0.05, 0.1) is 14.9 Å². The predicted octanol–water partition coefficient (Wildman–Crippen LogP) is 4.46. The van der Waals surface area contributed by atoms with Crippen LogP contribution < -0.4 is 0 Å². The minimum Gasteiger partial charge on any atom is -0.456 e. The molecule has 2 rings (SSSR count). The number of esters is 1. The molecule has 0 aliphatic heterocycles. The zero-order valence-corrected chi connectivity index (χ0v) is 11.9. The average molecular weight is 323 g/mol. The van der Waals surface area contributed by atoms with E-state index < -0.39 is 5.97 Å². The molecule has 0 saturated heterocycles. The van der Waals surface area contributed by atoms with Crippen LogP contribution in [0.2, 0.25) is 14.5 Å². The maximum absolute atomic E-state index is 11.7. The number of aromatic nitrogens is 1. The van der Waals surface area contributed by atoms with Crippen LogP contribution in [-0.2, 0) is 11.3 Å². The van der Waals surface area contributed by atoms with E-state index in [2.05, 4.69) is 4.98 Å². The van der Waals surface area contributed by atoms with Gasteiger partial charge >= 0.3 is 5.97 Å². The molecule has 0 saturated carbocycles. The van der Waals surface area contributed by atoms with Gasteiger partial charge in [-0.05, 0) is 18.2 Å². The molecular weight excluding hydrogens is 317 g/mol. The summed E-state index contributed by atoms with van der Waals surface area (Å²) in [4.78, 5) is 16.3. The van der Waals surface area contributed by atoms with E-state index in [0.29, 0.717) is 4.34 Å². The van der Waals surface area contributed by atoms with E-state index in [1.165, 1.54) is 23.6 Å². The fraction of sp³-hybridized carbons (Fsp3) is 0.0909. The average Bonchev–Trinajstić information content (AvgIpc) is 2.75. The number of carbonyl (C=O) groups excluding carboxylic acids is 1. The summed E-state index contributed by atoms with van der Waals surface area (Å²) >= 11 is 18.5. The number of hydrogen-bond acceptors (Lipinski definition) is 4. The zero-order chi connectivity index (χ0) is 13.1. The first-order chi connectivity index (χ1) is 8.56. The topological polar surface area (TPSA) is 39.2 Å². The van der Waals surface area contributed by atoms with E-state index in [1.54, 1.807) is 12.1 Å². The molecule has 2 aromatic rings. The molecule has 0 atom stereocenters. The summed E-state index contributed by atoms with van der Waals surface area (Å²) in [6, 6.07) is 4.96. The molecule has 0 aliphatic carbocycles. The maximum atomic E-state index is 11.7. The standard InChI is InChI=1S/C11H6Cl3NO2S/c12-8-3-6(4-15-10(8)14)11(16)17-5-7-1-2-9(13)18-7/h1-4H,5H2. The van der Waals surface area contributed by atoms with Crippen molar-refractivity contribution in [2.75, 3.05) is 0 Å². The van der Waals surface area contributed by atoms with Crippen LogP contribution in [0.1, 0.15) is 15.2 Å². The third-order valence-electron chi connectivity index (χ3n) is 2.01. The van der Waals surface area contributed by atoms with E-state index >= 15 is 0 Å². The van der Waals surface area contributed by atoms with Crippen molar-refractivity contribution in [3.05, 3.63) is 49.3 Å². The number of pyridine rings is 1. The summed E-state index contributed by atoms with van der Waals surface area (Å²) < 4.78 is 5.74. The van der Waals surface area contributed by atoms with Gasteiger partial charge in [-0.2, -0.15) is 0 Å². The maximum Gasteiger partial charge on any atom is 0.340 e. The van der Waals surface area contributed by atoms with Crippen molar-refractivity contribution in [3.8, 4) is 0 Å². The van der Waals surface area contributed by atoms with Crippen LogP contribution in [0, 0.1) is 0 Å². The van der Waals surface area contributed by atoms with Gasteiger partial charge < -0.3 is 4.74 Å². The second-order valence-corrected chi connectivity index (χ2v) is 5.84. The predicted molar refractivity (Wildman–Crippen MR) is 72.7 cm³/mol. The van der Waals surface area contributed by atoms with Crippen molar-refractivity contribution in [2.45, 2.75) is 6.61 Å². The molecule has 0 spiro atoms. The lowest BCUT2D eigenvalue weighted by atomic mass is 10.3. The highest BCUT2D eigenvalue weighted by molar-refractivity contribution is 7.16. The number of nitrogens with zero attached hydrogens (tertiary/aromatic N) is 1. The van der Waals surface area contributed by atoms with Gasteiger partial charge in [0, 0.05) is 11.1 Å². The second kappa shape index (κ2) is 5.89. The lowest BCUT2D eigenvalue weighted by Crippen LogP contribution is -2.05. The van der Waals surface area contributed by atoms with E-state index in [0.717, 1.165) is 4.88 Å². The quantitative estimate of drug-likeness (QED) is 0.618. The number of halogens is 3. The number of carbonyl (C=O) groups is 1. The van der Waals surface area contributed by atoms with Crippen LogP contribution in [0.25, 0.3) is 0 Å². The largest absolute Gasteiger partial charge is 0.456 e. The van der Waals surface area contributed by atoms with Gasteiger partial charge in [0.1, 0.15) is 11.8 Å². The Bertz CT molecular complexity index is 585. The molecule has 0 radical (unpaired) electrons. The van der Waals surface area contributed by atoms with Crippen molar-refractivity contribution >= 4 is 52.1 Å². The van der Waals surface area contributed by atoms with E-state index in [9.17, 15) is 4.79 Å². The molecule has 18 heavy (non-hydrogen) atoms. The molecule has 0 aliphatic rings. The second-order valence-electron chi connectivity index (χ2n) is 3.28. The monoisotopic (exact) mass is 321 g/mol. The molecule has 7 heteroatoms. The van der Waals surface area contributed by atoms with Crippen molar-refractivity contribution < 1.29 is 9.53 Å². The highest BCUT2D eigenvalue weighted by Crippen LogP contribution is 2.23. The Morgan fingerprint density at radius 3 is 2.72 bits per heavy atom. The molecular formula is C11H6Cl3NO2S. The Kier molecular flexibility index (Phi) is 4.45. The van der Waals surface area contributed by atoms with Crippen LogP contribution in [0.4, 0.5) is 0 Å². The summed E-state index contributed by atoms with van der Waals surface area (Å²) in [5.74, 6) is -0.509. The Morgan fingerprint density at radius 2 is 2.11 bits per heavy atom. The fourth-order valence-corrected chi connectivity index (χ4v) is 2.45. The molecule has 94 valence electrons. The van der Waals surface area contributed by atoms with Gasteiger partial charge in [-0.3, -0.25) is 0 Å². The summed E-state index contributed by atoms with van der Waals surface area (Å²) in [5, 5.41) is 0.364. The minimum absolute atomic E-state index is 0.151. The molecule has 0 aromatic carbocycles. The van der Waals surface area contributed by atoms with Gasteiger partial charge in [-0.1, -0.05) is 34.8 Å². The number of hydrogen-bond donors (Lipinski definition) is 0. The van der Waals surface area contributed by atoms with Crippen LogP contribution in [-0.4, -0.2) is 11.0 Å². The molecule has 3 nitrogen and oxygen atoms in total. The smallest absolute Gasteiger partial charge is 0.340 e. The van der Waals surface area contributed by atoms with E-state index in [-0.39, 0.29) is 22.3 Å². The third-order valence-corrected chi connectivity index (χ3v) is 3.90. The number of thiophene rings is 1. The van der Waals surface area contributed by atoms with Crippen LogP contribution in [0.15, 0.2) is 24.4 Å². The summed E-state index contributed by atoms with van der Waals surface area (Å²) in [7, 11) is 0. The zero-order valence-electron chi connectivity index (χ0n) is 8.82. The molecule has 0 bridgehead atoms. The van der Waals surface area contributed by atoms with Crippen molar-refractivity contribution in [1.29, 1.82) is 0 Å². The van der Waals surface area contributed by atoms with Gasteiger partial charge in [-0.25, -0.2) is 9.78 Å². The minimum atomic E-state index is -0.509. The van der Waals surface area contributed by atoms with Gasteiger partial charge in [-0.15, -0.1) is 11.3 Å². The van der Waals surface area contributed by atoms with Gasteiger partial charge in [0.15, 0.2) is 0 Å². The summed E-state index contributed by atoms with van der Waals surface area (Å²) in [5.41, 5.74) is 0.257. The van der Waals surface area contributed by atoms with E-state index in [4.69, 9.17) is 39.5 Å². The SMILES string of the molecule is O=C(OCc1ccc(Cl)s1)c1cnc(Cl)c(Cl)c1. The Morgan fingerprint density at radius 1 is 1.33 bits per heavy atom. The summed E-state index contributed by atoms with van der Waals surface area (Å²) in [6.07, 6.45) is 1.32. The lowest BCUT2D eigenvalue weighted by molar-refractivity contribution is 0.0476. The van der Waals surface area contributed by atoms with Crippen molar-refractivity contribution in [3.63, 3.8) is 0 Å². The molecule has 0 unspecified atom stereocenters. The molecule has 0 amide bonds. The first-order valence-corrected chi connectivity index (χ1v) is 6.73. The van der Waals surface area contributed by atoms with Gasteiger partial charge in [0.2, 0.25) is 0 Å². The molecule has 0 N–H and O–H groups in total. The number of ether oxygens (including phenoxy) is 1. The third kappa shape index (κ3) is 3.36. The van der Waals surface area contributed by atoms with E-state index in [1.807, 2.05) is 0 Å². The van der Waals surface area contributed by atoms with Crippen LogP contribution >= 0.6 is 46.1 Å². The fourth-order valence-electron chi connectivity index (χ4n) is 1.18. The van der Waals surface area contributed by atoms with Crippen molar-refractivity contribution in [2.24, 2.45) is 0 Å². The van der Waals surface area contributed by atoms with Crippen LogP contribution in [0.3, 0.4) is 0 Å². The molecule has 0 fully saturated rings. The molecule has 2 heterocycles. The van der Waals surface area contributed by atoms with Crippen molar-refractivity contribution in [1.82, 2.24) is 4.98 Å². The highest BCUT2D eigenvalue weighted by atomic mass is 35.5. The first kappa shape index (κ1) is 13.6. The molecule has 2 aromatic heterocycles. The normalized spacial score (nSPS) is 10.4. The van der Waals surface area contributed by atoms with Gasteiger partial charge in [0.25, 0.3) is 0 Å². The van der Waals surface area contributed by atoms with Crippen LogP contribution in [0.5, 0.6) is 0 Å². The first-order valence-electron chi connectivity index (χ1n) is 4.78.